The fourth-order valence-corrected chi connectivity index (χ4v) is 5.21. The van der Waals surface area contributed by atoms with Gasteiger partial charge >= 0.3 is 20.1 Å². The number of aromatic nitrogens is 2. The van der Waals surface area contributed by atoms with Gasteiger partial charge in [0.05, 0.1) is 5.65 Å². The van der Waals surface area contributed by atoms with Crippen LogP contribution < -0.4 is 9.80 Å². The fourth-order valence-electron chi connectivity index (χ4n) is 5.21. The van der Waals surface area contributed by atoms with E-state index in [1.165, 1.54) is 33.1 Å². The molecule has 0 amide bonds. The monoisotopic (exact) mass is 668 g/mol. The molecule has 0 N–H and O–H groups in total. The van der Waals surface area contributed by atoms with E-state index in [1.807, 2.05) is 30.5 Å². The van der Waals surface area contributed by atoms with Gasteiger partial charge < -0.3 is 14.2 Å². The minimum Gasteiger partial charge on any atom is -0.504 e. The molecule has 0 unspecified atom stereocenters. The second-order valence-corrected chi connectivity index (χ2v) is 9.09. The maximum absolute atomic E-state index is 4.59. The third kappa shape index (κ3) is 3.92. The maximum Gasteiger partial charge on any atom is 3.00 e. The second-order valence-electron chi connectivity index (χ2n) is 9.09. The standard InChI is InChI=1S/C19H11N2.C14H12N2.Ir/c1-2-7-14-13(6-1)12-21-18(14)16-9-4-3-8-15(16)17-10-5-11-20-19(17)21;1-15-11-16(12-7-3-2-4-8-12)14-10-6-5-9-13(14)15;/h1-11H;2-7,9-11H,1H3;/q-1;-2;+3. The molecule has 7 aromatic rings. The van der Waals surface area contributed by atoms with Gasteiger partial charge in [0, 0.05) is 17.6 Å². The van der Waals surface area contributed by atoms with Crippen LogP contribution in [0.25, 0.3) is 38.1 Å². The molecule has 4 heterocycles. The number of nitrogens with zero attached hydrogens (tertiary/aromatic N) is 4. The van der Waals surface area contributed by atoms with Gasteiger partial charge in [-0.2, -0.15) is 37.0 Å². The van der Waals surface area contributed by atoms with Gasteiger partial charge in [-0.25, -0.2) is 0 Å². The summed E-state index contributed by atoms with van der Waals surface area (Å²) in [6.45, 7) is 2.08. The smallest absolute Gasteiger partial charge is 0.504 e. The molecule has 8 rings (SSSR count). The van der Waals surface area contributed by atoms with Crippen LogP contribution in [0.15, 0.2) is 115 Å². The van der Waals surface area contributed by atoms with Crippen LogP contribution in [0.4, 0.5) is 17.1 Å². The summed E-state index contributed by atoms with van der Waals surface area (Å²) in [5, 5.41) is 6.00. The maximum atomic E-state index is 4.59. The van der Waals surface area contributed by atoms with E-state index in [2.05, 4.69) is 130 Å². The van der Waals surface area contributed by atoms with Crippen molar-refractivity contribution in [2.24, 2.45) is 0 Å². The number of hydrogen-bond donors (Lipinski definition) is 0. The zero-order valence-corrected chi connectivity index (χ0v) is 23.1. The predicted molar refractivity (Wildman–Crippen MR) is 153 cm³/mol. The SMILES string of the molecule is CN1[CH-]N(c2[c-]cccc2)c2ccccc21.[Ir+3].[c-]1c2ccccc2c2c3ccccc3c3cccnc3n12. The first-order valence-corrected chi connectivity index (χ1v) is 12.3. The molecule has 4 nitrogen and oxygen atoms in total. The largest absolute Gasteiger partial charge is 3.00 e. The molecule has 1 aliphatic heterocycles. The van der Waals surface area contributed by atoms with Gasteiger partial charge in [-0.1, -0.05) is 66.0 Å². The molecule has 1 aliphatic rings. The molecule has 5 heteroatoms. The predicted octanol–water partition coefficient (Wildman–Crippen LogP) is 7.79. The van der Waals surface area contributed by atoms with Crippen LogP contribution in [0.3, 0.4) is 0 Å². The van der Waals surface area contributed by atoms with Crippen molar-refractivity contribution in [1.82, 2.24) is 9.38 Å². The zero-order chi connectivity index (χ0) is 24.8. The van der Waals surface area contributed by atoms with E-state index in [-0.39, 0.29) is 20.1 Å². The molecule has 38 heavy (non-hydrogen) atoms. The van der Waals surface area contributed by atoms with Crippen molar-refractivity contribution in [2.75, 3.05) is 16.8 Å². The molecule has 3 aromatic heterocycles. The van der Waals surface area contributed by atoms with Gasteiger partial charge in [-0.3, -0.25) is 4.98 Å². The molecule has 0 radical (unpaired) electrons. The molecule has 0 saturated heterocycles. The summed E-state index contributed by atoms with van der Waals surface area (Å²) in [7, 11) is 2.06. The Labute approximate surface area is 235 Å². The summed E-state index contributed by atoms with van der Waals surface area (Å²) in [4.78, 5) is 8.86. The van der Waals surface area contributed by atoms with Crippen molar-refractivity contribution in [3.63, 3.8) is 0 Å². The van der Waals surface area contributed by atoms with E-state index in [0.717, 1.165) is 22.1 Å². The first-order valence-electron chi connectivity index (χ1n) is 12.3. The molecule has 0 saturated carbocycles. The van der Waals surface area contributed by atoms with Crippen LogP contribution in [0.2, 0.25) is 0 Å². The van der Waals surface area contributed by atoms with Crippen LogP contribution in [0.5, 0.6) is 0 Å². The zero-order valence-electron chi connectivity index (χ0n) is 20.7. The molecule has 0 aliphatic carbocycles. The Morgan fingerprint density at radius 3 is 2.18 bits per heavy atom. The van der Waals surface area contributed by atoms with Crippen LogP contribution in [0, 0.1) is 18.9 Å². The Balaban J connectivity index is 0.000000141. The van der Waals surface area contributed by atoms with E-state index < -0.39 is 0 Å². The third-order valence-corrected chi connectivity index (χ3v) is 6.87. The minimum absolute atomic E-state index is 0. The van der Waals surface area contributed by atoms with E-state index in [9.17, 15) is 0 Å². The Morgan fingerprint density at radius 2 is 1.37 bits per heavy atom. The average Bonchev–Trinajstić information content (AvgIpc) is 3.53. The van der Waals surface area contributed by atoms with Gasteiger partial charge in [0.2, 0.25) is 0 Å². The average molecular weight is 668 g/mol. The topological polar surface area (TPSA) is 23.8 Å². The number of benzene rings is 4. The molecule has 0 fully saturated rings. The summed E-state index contributed by atoms with van der Waals surface area (Å²) in [6, 6.07) is 40.6. The quantitative estimate of drug-likeness (QED) is 0.132. The van der Waals surface area contributed by atoms with Gasteiger partial charge in [-0.15, -0.1) is 17.1 Å². The van der Waals surface area contributed by atoms with E-state index in [4.69, 9.17) is 0 Å². The normalized spacial score (nSPS) is 12.4. The van der Waals surface area contributed by atoms with Crippen LogP contribution in [-0.4, -0.2) is 16.4 Å². The van der Waals surface area contributed by atoms with Crippen molar-refractivity contribution >= 4 is 55.2 Å². The summed E-state index contributed by atoms with van der Waals surface area (Å²) >= 11 is 0. The summed E-state index contributed by atoms with van der Waals surface area (Å²) in [5.41, 5.74) is 5.64. The molecular weight excluding hydrogens is 645 g/mol. The first kappa shape index (κ1) is 24.2. The minimum atomic E-state index is 0. The van der Waals surface area contributed by atoms with Crippen molar-refractivity contribution < 1.29 is 20.1 Å². The molecule has 0 atom stereocenters. The summed E-state index contributed by atoms with van der Waals surface area (Å²) in [5.74, 6) is 0. The molecule has 184 valence electrons. The van der Waals surface area contributed by atoms with Gasteiger partial charge in [0.25, 0.3) is 0 Å². The van der Waals surface area contributed by atoms with Crippen molar-refractivity contribution in [3.8, 4) is 0 Å². The van der Waals surface area contributed by atoms with Crippen LogP contribution >= 0.6 is 0 Å². The van der Waals surface area contributed by atoms with E-state index in [0.29, 0.717) is 0 Å². The number of rotatable bonds is 1. The number of para-hydroxylation sites is 3. The molecule has 0 spiro atoms. The van der Waals surface area contributed by atoms with E-state index in [1.54, 1.807) is 0 Å². The molecule has 4 aromatic carbocycles. The number of hydrogen-bond acceptors (Lipinski definition) is 3. The summed E-state index contributed by atoms with van der Waals surface area (Å²) < 4.78 is 2.10. The molecular formula is C33H23IrN4. The van der Waals surface area contributed by atoms with Gasteiger partial charge in [-0.05, 0) is 53.1 Å². The van der Waals surface area contributed by atoms with Gasteiger partial charge in [0.1, 0.15) is 0 Å². The van der Waals surface area contributed by atoms with Crippen molar-refractivity contribution in [2.45, 2.75) is 0 Å². The Kier molecular flexibility index (Phi) is 6.32. The Hall–Kier alpha value is -4.18. The Morgan fingerprint density at radius 1 is 0.684 bits per heavy atom. The van der Waals surface area contributed by atoms with Gasteiger partial charge in [0.15, 0.2) is 0 Å². The summed E-state index contributed by atoms with van der Waals surface area (Å²) in [6.07, 6.45) is 5.31. The molecule has 0 bridgehead atoms. The third-order valence-electron chi connectivity index (χ3n) is 6.87. The fraction of sp³-hybridized carbons (Fsp3) is 0.0303. The first-order chi connectivity index (χ1) is 18.3. The number of anilines is 3. The van der Waals surface area contributed by atoms with Crippen molar-refractivity contribution in [3.05, 3.63) is 134 Å². The van der Waals surface area contributed by atoms with E-state index >= 15 is 0 Å². The number of fused-ring (bicyclic) bond motifs is 9. The van der Waals surface area contributed by atoms with Crippen LogP contribution in [-0.2, 0) is 20.1 Å². The number of pyridine rings is 2. The van der Waals surface area contributed by atoms with Crippen molar-refractivity contribution in [1.29, 1.82) is 0 Å². The second kappa shape index (κ2) is 9.94. The van der Waals surface area contributed by atoms with Crippen LogP contribution in [0.1, 0.15) is 0 Å². The Bertz CT molecular complexity index is 1890.